The highest BCUT2D eigenvalue weighted by molar-refractivity contribution is 5.34. The summed E-state index contributed by atoms with van der Waals surface area (Å²) in [4.78, 5) is 0. The zero-order valence-corrected chi connectivity index (χ0v) is 20.9. The minimum absolute atomic E-state index is 0.791. The molecule has 0 aliphatic carbocycles. The Balaban J connectivity index is 1.57. The van der Waals surface area contributed by atoms with Crippen LogP contribution < -0.4 is 9.47 Å². The van der Waals surface area contributed by atoms with E-state index in [1.54, 1.807) is 14.2 Å². The normalized spacial score (nSPS) is 11.0. The standard InChI is InChI=1S/C29H44O4/c1-30-21-9-5-3-7-11-23-32-28-17-13-26(14-18-28)25-27-15-19-29(20-16-27)33-24-12-8-4-6-10-22-31-2/h13-20H,3-12,21-25H2,1-2H3. The van der Waals surface area contributed by atoms with E-state index in [0.29, 0.717) is 0 Å². The highest BCUT2D eigenvalue weighted by atomic mass is 16.5. The minimum atomic E-state index is 0.791. The summed E-state index contributed by atoms with van der Waals surface area (Å²) in [6.07, 6.45) is 12.9. The van der Waals surface area contributed by atoms with Crippen molar-refractivity contribution in [3.8, 4) is 11.5 Å². The van der Waals surface area contributed by atoms with Crippen LogP contribution in [0.15, 0.2) is 48.5 Å². The Morgan fingerprint density at radius 3 is 1.12 bits per heavy atom. The van der Waals surface area contributed by atoms with E-state index in [1.807, 2.05) is 0 Å². The first-order valence-electron chi connectivity index (χ1n) is 12.7. The van der Waals surface area contributed by atoms with Crippen molar-refractivity contribution in [1.82, 2.24) is 0 Å². The second-order valence-corrected chi connectivity index (χ2v) is 8.68. The fourth-order valence-corrected chi connectivity index (χ4v) is 3.78. The first-order valence-corrected chi connectivity index (χ1v) is 12.7. The Bertz CT molecular complexity index is 635. The summed E-state index contributed by atoms with van der Waals surface area (Å²) >= 11 is 0. The van der Waals surface area contributed by atoms with Crippen LogP contribution in [0, 0.1) is 0 Å². The summed E-state index contributed by atoms with van der Waals surface area (Å²) in [6.45, 7) is 3.33. The van der Waals surface area contributed by atoms with Crippen LogP contribution in [0.1, 0.15) is 75.3 Å². The predicted molar refractivity (Wildman–Crippen MR) is 137 cm³/mol. The molecule has 2 aromatic carbocycles. The smallest absolute Gasteiger partial charge is 0.119 e. The van der Waals surface area contributed by atoms with Gasteiger partial charge in [0.05, 0.1) is 13.2 Å². The number of benzene rings is 2. The van der Waals surface area contributed by atoms with Gasteiger partial charge in [-0.25, -0.2) is 0 Å². The van der Waals surface area contributed by atoms with Gasteiger partial charge in [-0.15, -0.1) is 0 Å². The average Bonchev–Trinajstić information content (AvgIpc) is 2.84. The van der Waals surface area contributed by atoms with E-state index in [2.05, 4.69) is 48.5 Å². The van der Waals surface area contributed by atoms with Gasteiger partial charge in [-0.2, -0.15) is 0 Å². The molecule has 0 heterocycles. The van der Waals surface area contributed by atoms with Crippen molar-refractivity contribution in [1.29, 1.82) is 0 Å². The molecule has 184 valence electrons. The van der Waals surface area contributed by atoms with Crippen molar-refractivity contribution in [2.24, 2.45) is 0 Å². The molecule has 0 aromatic heterocycles. The lowest BCUT2D eigenvalue weighted by atomic mass is 10.0. The third-order valence-electron chi connectivity index (χ3n) is 5.78. The summed E-state index contributed by atoms with van der Waals surface area (Å²) in [7, 11) is 3.53. The van der Waals surface area contributed by atoms with Gasteiger partial charge < -0.3 is 18.9 Å². The number of ether oxygens (including phenoxy) is 4. The van der Waals surface area contributed by atoms with Gasteiger partial charge in [0.25, 0.3) is 0 Å². The predicted octanol–water partition coefficient (Wildman–Crippen LogP) is 7.23. The van der Waals surface area contributed by atoms with E-state index < -0.39 is 0 Å². The molecule has 0 bridgehead atoms. The van der Waals surface area contributed by atoms with Gasteiger partial charge in [-0.3, -0.25) is 0 Å². The van der Waals surface area contributed by atoms with Gasteiger partial charge in [-0.05, 0) is 67.5 Å². The molecule has 2 aromatic rings. The zero-order valence-electron chi connectivity index (χ0n) is 20.9. The molecule has 4 nitrogen and oxygen atoms in total. The van der Waals surface area contributed by atoms with Crippen LogP contribution in [0.3, 0.4) is 0 Å². The van der Waals surface area contributed by atoms with Gasteiger partial charge in [-0.1, -0.05) is 62.8 Å². The molecule has 0 spiro atoms. The van der Waals surface area contributed by atoms with Gasteiger partial charge in [0.15, 0.2) is 0 Å². The van der Waals surface area contributed by atoms with Crippen molar-refractivity contribution >= 4 is 0 Å². The van der Waals surface area contributed by atoms with E-state index in [-0.39, 0.29) is 0 Å². The Labute approximate surface area is 201 Å². The molecule has 2 rings (SSSR count). The molecule has 0 aliphatic heterocycles. The van der Waals surface area contributed by atoms with Crippen molar-refractivity contribution in [3.63, 3.8) is 0 Å². The largest absolute Gasteiger partial charge is 0.494 e. The lowest BCUT2D eigenvalue weighted by molar-refractivity contribution is 0.191. The monoisotopic (exact) mass is 456 g/mol. The molecule has 0 N–H and O–H groups in total. The maximum absolute atomic E-state index is 5.89. The van der Waals surface area contributed by atoms with Crippen LogP contribution in [0.2, 0.25) is 0 Å². The first kappa shape index (κ1) is 27.2. The summed E-state index contributed by atoms with van der Waals surface area (Å²) in [5.74, 6) is 1.92. The maximum Gasteiger partial charge on any atom is 0.119 e. The molecule has 4 heteroatoms. The Morgan fingerprint density at radius 2 is 0.758 bits per heavy atom. The van der Waals surface area contributed by atoms with Crippen LogP contribution in [-0.4, -0.2) is 40.6 Å². The molecule has 0 unspecified atom stereocenters. The van der Waals surface area contributed by atoms with Crippen molar-refractivity contribution in [2.75, 3.05) is 40.6 Å². The molecule has 0 saturated carbocycles. The topological polar surface area (TPSA) is 36.9 Å². The zero-order chi connectivity index (χ0) is 23.4. The van der Waals surface area contributed by atoms with Crippen LogP contribution in [-0.2, 0) is 15.9 Å². The lowest BCUT2D eigenvalue weighted by Crippen LogP contribution is -1.98. The van der Waals surface area contributed by atoms with Crippen LogP contribution >= 0.6 is 0 Å². The van der Waals surface area contributed by atoms with E-state index in [1.165, 1.54) is 49.7 Å². The van der Waals surface area contributed by atoms with Crippen molar-refractivity contribution < 1.29 is 18.9 Å². The summed E-state index contributed by atoms with van der Waals surface area (Å²) < 4.78 is 21.9. The summed E-state index contributed by atoms with van der Waals surface area (Å²) in [5.41, 5.74) is 2.59. The van der Waals surface area contributed by atoms with E-state index >= 15 is 0 Å². The summed E-state index contributed by atoms with van der Waals surface area (Å²) in [6, 6.07) is 17.0. The average molecular weight is 457 g/mol. The van der Waals surface area contributed by atoms with Crippen LogP contribution in [0.25, 0.3) is 0 Å². The van der Waals surface area contributed by atoms with Gasteiger partial charge in [0.1, 0.15) is 11.5 Å². The third-order valence-corrected chi connectivity index (χ3v) is 5.78. The highest BCUT2D eigenvalue weighted by Crippen LogP contribution is 2.19. The molecule has 0 atom stereocenters. The van der Waals surface area contributed by atoms with E-state index in [0.717, 1.165) is 70.0 Å². The minimum Gasteiger partial charge on any atom is -0.494 e. The lowest BCUT2D eigenvalue weighted by Gasteiger charge is -2.09. The number of methoxy groups -OCH3 is 2. The molecular weight excluding hydrogens is 412 g/mol. The summed E-state index contributed by atoms with van der Waals surface area (Å²) in [5, 5.41) is 0. The molecule has 0 saturated heterocycles. The maximum atomic E-state index is 5.89. The molecular formula is C29H44O4. The van der Waals surface area contributed by atoms with Crippen LogP contribution in [0.5, 0.6) is 11.5 Å². The highest BCUT2D eigenvalue weighted by Gasteiger charge is 2.01. The molecule has 0 radical (unpaired) electrons. The van der Waals surface area contributed by atoms with Crippen LogP contribution in [0.4, 0.5) is 0 Å². The van der Waals surface area contributed by atoms with Crippen molar-refractivity contribution in [3.05, 3.63) is 59.7 Å². The molecule has 0 amide bonds. The number of hydrogen-bond donors (Lipinski definition) is 0. The second kappa shape index (κ2) is 18.4. The first-order chi connectivity index (χ1) is 16.3. The Kier molecular flexibility index (Phi) is 15.2. The Morgan fingerprint density at radius 1 is 0.424 bits per heavy atom. The van der Waals surface area contributed by atoms with E-state index in [4.69, 9.17) is 18.9 Å². The van der Waals surface area contributed by atoms with Gasteiger partial charge in [0.2, 0.25) is 0 Å². The van der Waals surface area contributed by atoms with Gasteiger partial charge in [0, 0.05) is 27.4 Å². The second-order valence-electron chi connectivity index (χ2n) is 8.68. The number of unbranched alkanes of at least 4 members (excludes halogenated alkanes) is 8. The Hall–Kier alpha value is -2.04. The van der Waals surface area contributed by atoms with Gasteiger partial charge >= 0.3 is 0 Å². The molecule has 33 heavy (non-hydrogen) atoms. The fourth-order valence-electron chi connectivity index (χ4n) is 3.78. The number of hydrogen-bond acceptors (Lipinski definition) is 4. The SMILES string of the molecule is COCCCCCCCOc1ccc(Cc2ccc(OCCCCCCCOC)cc2)cc1. The van der Waals surface area contributed by atoms with Crippen molar-refractivity contribution in [2.45, 2.75) is 70.6 Å². The van der Waals surface area contributed by atoms with E-state index in [9.17, 15) is 0 Å². The quantitative estimate of drug-likeness (QED) is 0.197. The molecule has 0 aliphatic rings. The third kappa shape index (κ3) is 13.3. The fraction of sp³-hybridized carbons (Fsp3) is 0.586. The molecule has 0 fully saturated rings. The number of rotatable bonds is 20.